The van der Waals surface area contributed by atoms with Gasteiger partial charge in [-0.15, -0.1) is 0 Å². The molecule has 0 radical (unpaired) electrons. The molecule has 3 rings (SSSR count). The van der Waals surface area contributed by atoms with Gasteiger partial charge in [0.25, 0.3) is 11.6 Å². The number of quaternary nitrogens is 2. The molecule has 1 aliphatic heterocycles. The first-order valence-corrected chi connectivity index (χ1v) is 9.86. The van der Waals surface area contributed by atoms with Crippen molar-refractivity contribution < 1.29 is 19.5 Å². The van der Waals surface area contributed by atoms with Crippen LogP contribution in [0.25, 0.3) is 0 Å². The first kappa shape index (κ1) is 20.9. The molecule has 152 valence electrons. The summed E-state index contributed by atoms with van der Waals surface area (Å²) in [7, 11) is 0. The van der Waals surface area contributed by atoms with Crippen molar-refractivity contribution in [1.82, 2.24) is 5.43 Å². The van der Waals surface area contributed by atoms with Crippen molar-refractivity contribution >= 4 is 29.4 Å². The van der Waals surface area contributed by atoms with Gasteiger partial charge < -0.3 is 9.80 Å². The smallest absolute Gasteiger partial charge is 0.295 e. The molecule has 1 aliphatic rings. The molecule has 0 aromatic heterocycles. The van der Waals surface area contributed by atoms with Gasteiger partial charge in [0.05, 0.1) is 11.1 Å². The van der Waals surface area contributed by atoms with Gasteiger partial charge >= 0.3 is 0 Å². The lowest BCUT2D eigenvalue weighted by Gasteiger charge is -2.29. The minimum Gasteiger partial charge on any atom is -0.322 e. The third kappa shape index (κ3) is 6.35. The summed E-state index contributed by atoms with van der Waals surface area (Å²) in [5, 5.41) is 14.9. The van der Waals surface area contributed by atoms with Gasteiger partial charge in [0, 0.05) is 17.2 Å². The van der Waals surface area contributed by atoms with E-state index in [1.807, 2.05) is 6.07 Å². The second kappa shape index (κ2) is 10.1. The van der Waals surface area contributed by atoms with Crippen LogP contribution in [0.15, 0.2) is 53.6 Å². The van der Waals surface area contributed by atoms with E-state index in [0.29, 0.717) is 12.1 Å². The molecule has 9 heteroatoms. The Morgan fingerprint density at radius 1 is 1.14 bits per heavy atom. The Bertz CT molecular complexity index is 883. The highest BCUT2D eigenvalue weighted by Gasteiger charge is 2.24. The summed E-state index contributed by atoms with van der Waals surface area (Å²) in [6, 6.07) is 14.8. The summed E-state index contributed by atoms with van der Waals surface area (Å²) < 4.78 is 0. The number of hydrazone groups is 1. The molecule has 1 heterocycles. The van der Waals surface area contributed by atoms with Gasteiger partial charge in [0.1, 0.15) is 37.7 Å². The van der Waals surface area contributed by atoms with Crippen LogP contribution in [0.2, 0.25) is 5.02 Å². The maximum atomic E-state index is 12.1. The molecule has 2 aromatic rings. The normalized spacial score (nSPS) is 19.2. The number of nitrogens with zero attached hydrogens (tertiary/aromatic N) is 2. The molecule has 0 saturated carbocycles. The second-order valence-corrected chi connectivity index (χ2v) is 7.51. The fourth-order valence-electron chi connectivity index (χ4n) is 3.39. The van der Waals surface area contributed by atoms with Crippen LogP contribution in [0.4, 0.5) is 5.69 Å². The first-order chi connectivity index (χ1) is 14.0. The van der Waals surface area contributed by atoms with Gasteiger partial charge in [-0.1, -0.05) is 48.0 Å². The van der Waals surface area contributed by atoms with Crippen molar-refractivity contribution in [2.24, 2.45) is 5.10 Å². The van der Waals surface area contributed by atoms with Crippen molar-refractivity contribution in [2.75, 3.05) is 32.7 Å². The van der Waals surface area contributed by atoms with Crippen molar-refractivity contribution in [3.05, 3.63) is 74.8 Å². The Morgan fingerprint density at radius 3 is 2.52 bits per heavy atom. The average Bonchev–Trinajstić information content (AvgIpc) is 2.71. The fourth-order valence-corrected chi connectivity index (χ4v) is 3.58. The third-order valence-corrected chi connectivity index (χ3v) is 5.26. The lowest BCUT2D eigenvalue weighted by Crippen LogP contribution is -3.28. The number of hydrogen-bond acceptors (Lipinski definition) is 4. The maximum Gasteiger partial charge on any atom is 0.295 e. The van der Waals surface area contributed by atoms with Crippen LogP contribution in [0.1, 0.15) is 11.1 Å². The summed E-state index contributed by atoms with van der Waals surface area (Å²) in [5.41, 5.74) is 4.13. The van der Waals surface area contributed by atoms with E-state index in [2.05, 4.69) is 34.8 Å². The predicted molar refractivity (Wildman–Crippen MR) is 110 cm³/mol. The number of rotatable bonds is 7. The number of carbonyl (C=O) groups excluding carboxylic acids is 1. The van der Waals surface area contributed by atoms with Gasteiger partial charge in [0.2, 0.25) is 0 Å². The zero-order valence-electron chi connectivity index (χ0n) is 15.9. The molecule has 29 heavy (non-hydrogen) atoms. The van der Waals surface area contributed by atoms with Crippen LogP contribution in [0.5, 0.6) is 0 Å². The van der Waals surface area contributed by atoms with E-state index in [1.165, 1.54) is 33.7 Å². The number of piperazine rings is 1. The molecule has 1 fully saturated rings. The van der Waals surface area contributed by atoms with Gasteiger partial charge in [-0.05, 0) is 6.07 Å². The highest BCUT2D eigenvalue weighted by atomic mass is 35.5. The highest BCUT2D eigenvalue weighted by molar-refractivity contribution is 6.32. The number of nitrogens with one attached hydrogen (secondary N) is 3. The second-order valence-electron chi connectivity index (χ2n) is 7.10. The minimum atomic E-state index is -0.555. The van der Waals surface area contributed by atoms with Gasteiger partial charge in [-0.2, -0.15) is 5.10 Å². The highest BCUT2D eigenvalue weighted by Crippen LogP contribution is 2.24. The Balaban J connectivity index is 1.42. The number of carbonyl (C=O) groups is 1. The van der Waals surface area contributed by atoms with Gasteiger partial charge in [-0.3, -0.25) is 14.9 Å². The predicted octanol–water partition coefficient (Wildman–Crippen LogP) is -0.318. The maximum absolute atomic E-state index is 12.1. The van der Waals surface area contributed by atoms with Crippen molar-refractivity contribution in [1.29, 1.82) is 0 Å². The van der Waals surface area contributed by atoms with E-state index in [-0.39, 0.29) is 16.6 Å². The standard InChI is InChI=1S/C20H22ClN5O3/c21-18-7-6-17(12-19(18)26(28)29)13-22-23-20(27)15-25-10-8-24(9-11-25)14-16-4-2-1-3-5-16/h1-7,12-13H,8-11,14-15H2,(H,23,27)/p+2. The number of benzene rings is 2. The molecule has 3 N–H and O–H groups in total. The van der Waals surface area contributed by atoms with Crippen LogP contribution < -0.4 is 15.2 Å². The summed E-state index contributed by atoms with van der Waals surface area (Å²) in [4.78, 5) is 25.2. The summed E-state index contributed by atoms with van der Waals surface area (Å²) >= 11 is 5.78. The molecule has 2 aromatic carbocycles. The Labute approximate surface area is 173 Å². The number of nitro groups is 1. The van der Waals surface area contributed by atoms with Gasteiger partial charge in [-0.25, -0.2) is 5.43 Å². The van der Waals surface area contributed by atoms with E-state index in [4.69, 9.17) is 11.6 Å². The lowest BCUT2D eigenvalue weighted by molar-refractivity contribution is -1.02. The van der Waals surface area contributed by atoms with Crippen molar-refractivity contribution in [3.8, 4) is 0 Å². The van der Waals surface area contributed by atoms with Crippen LogP contribution in [0.3, 0.4) is 0 Å². The van der Waals surface area contributed by atoms with E-state index >= 15 is 0 Å². The SMILES string of the molecule is O=C(C[NH+]1CC[NH+](Cc2ccccc2)CC1)NN=Cc1ccc(Cl)c([N+](=O)[O-])c1. The van der Waals surface area contributed by atoms with E-state index in [0.717, 1.165) is 32.7 Å². The topological polar surface area (TPSA) is 93.5 Å². The molecular weight excluding hydrogens is 394 g/mol. The van der Waals surface area contributed by atoms with E-state index in [1.54, 1.807) is 6.07 Å². The van der Waals surface area contributed by atoms with Crippen molar-refractivity contribution in [3.63, 3.8) is 0 Å². The monoisotopic (exact) mass is 417 g/mol. The molecule has 0 bridgehead atoms. The van der Waals surface area contributed by atoms with Crippen LogP contribution in [-0.2, 0) is 11.3 Å². The molecule has 0 spiro atoms. The lowest BCUT2D eigenvalue weighted by atomic mass is 10.2. The van der Waals surface area contributed by atoms with Crippen LogP contribution in [0, 0.1) is 10.1 Å². The summed E-state index contributed by atoms with van der Waals surface area (Å²) in [6.45, 7) is 5.28. The number of nitro benzene ring substituents is 1. The largest absolute Gasteiger partial charge is 0.322 e. The number of hydrogen-bond donors (Lipinski definition) is 3. The molecule has 0 unspecified atom stereocenters. The van der Waals surface area contributed by atoms with Crippen LogP contribution >= 0.6 is 11.6 Å². The Morgan fingerprint density at radius 2 is 1.83 bits per heavy atom. The summed E-state index contributed by atoms with van der Waals surface area (Å²) in [5.74, 6) is -0.175. The van der Waals surface area contributed by atoms with Crippen molar-refractivity contribution in [2.45, 2.75) is 6.54 Å². The molecule has 1 amide bonds. The fraction of sp³-hybridized carbons (Fsp3) is 0.300. The quantitative estimate of drug-likeness (QED) is 0.327. The Kier molecular flexibility index (Phi) is 7.29. The van der Waals surface area contributed by atoms with E-state index in [9.17, 15) is 14.9 Å². The summed E-state index contributed by atoms with van der Waals surface area (Å²) in [6.07, 6.45) is 1.37. The number of amides is 1. The molecule has 8 nitrogen and oxygen atoms in total. The third-order valence-electron chi connectivity index (χ3n) is 4.94. The molecule has 0 atom stereocenters. The molecular formula is C20H24ClN5O3+2. The number of halogens is 1. The average molecular weight is 418 g/mol. The molecule has 0 aliphatic carbocycles. The zero-order chi connectivity index (χ0) is 20.6. The first-order valence-electron chi connectivity index (χ1n) is 9.48. The minimum absolute atomic E-state index is 0.0633. The van der Waals surface area contributed by atoms with Crippen LogP contribution in [-0.4, -0.2) is 49.8 Å². The molecule has 1 saturated heterocycles. The zero-order valence-corrected chi connectivity index (χ0v) is 16.7. The Hall–Kier alpha value is -2.81. The van der Waals surface area contributed by atoms with Gasteiger partial charge in [0.15, 0.2) is 6.54 Å². The van der Waals surface area contributed by atoms with E-state index < -0.39 is 4.92 Å².